The van der Waals surface area contributed by atoms with Crippen molar-refractivity contribution in [2.24, 2.45) is 10.9 Å². The van der Waals surface area contributed by atoms with Crippen LogP contribution in [-0.2, 0) is 0 Å². The first-order valence-corrected chi connectivity index (χ1v) is 6.61. The number of hydrogen-bond donors (Lipinski definition) is 1. The summed E-state index contributed by atoms with van der Waals surface area (Å²) < 4.78 is 0. The van der Waals surface area contributed by atoms with E-state index in [0.717, 1.165) is 24.8 Å². The second-order valence-electron chi connectivity index (χ2n) is 3.83. The molecule has 0 radical (unpaired) electrons. The van der Waals surface area contributed by atoms with Crippen molar-refractivity contribution in [2.75, 3.05) is 0 Å². The normalized spacial score (nSPS) is 13.2. The van der Waals surface area contributed by atoms with Gasteiger partial charge in [-0.15, -0.1) is 0 Å². The molecule has 0 heterocycles. The third kappa shape index (κ3) is 4.06. The summed E-state index contributed by atoms with van der Waals surface area (Å²) in [6.07, 6.45) is 4.75. The summed E-state index contributed by atoms with van der Waals surface area (Å²) in [4.78, 5) is 0. The van der Waals surface area contributed by atoms with Gasteiger partial charge >= 0.3 is 0 Å². The number of unbranched alkanes of at least 4 members (excludes halogenated alkanes) is 1. The molecule has 0 aromatic heterocycles. The van der Waals surface area contributed by atoms with Gasteiger partial charge in [0.25, 0.3) is 0 Å². The fourth-order valence-electron chi connectivity index (χ4n) is 1.73. The zero-order valence-electron chi connectivity index (χ0n) is 9.59. The second-order valence-corrected chi connectivity index (χ2v) is 5.08. The van der Waals surface area contributed by atoms with Crippen molar-refractivity contribution in [3.8, 4) is 0 Å². The Morgan fingerprint density at radius 1 is 1.29 bits per heavy atom. The molecule has 0 spiro atoms. The van der Waals surface area contributed by atoms with Crippen LogP contribution in [0.4, 0.5) is 0 Å². The fraction of sp³-hybridized carbons (Fsp3) is 0.417. The van der Waals surface area contributed by atoms with E-state index in [-0.39, 0.29) is 5.92 Å². The molecule has 17 heavy (non-hydrogen) atoms. The average Bonchev–Trinajstić information content (AvgIpc) is 2.24. The minimum absolute atomic E-state index is 0.0391. The van der Waals surface area contributed by atoms with Crippen molar-refractivity contribution in [3.63, 3.8) is 0 Å². The van der Waals surface area contributed by atoms with Gasteiger partial charge in [0.15, 0.2) is 0 Å². The van der Waals surface area contributed by atoms with Gasteiger partial charge in [0.1, 0.15) is 0 Å². The summed E-state index contributed by atoms with van der Waals surface area (Å²) in [6.45, 7) is 2.13. The lowest BCUT2D eigenvalue weighted by atomic mass is 9.94. The zero-order chi connectivity index (χ0) is 12.8. The predicted molar refractivity (Wildman–Crippen MR) is 76.4 cm³/mol. The lowest BCUT2D eigenvalue weighted by Crippen LogP contribution is -2.04. The predicted octanol–water partition coefficient (Wildman–Crippen LogP) is 4.87. The van der Waals surface area contributed by atoms with Crippen LogP contribution in [0, 0.1) is 0 Å². The van der Waals surface area contributed by atoms with Crippen LogP contribution in [-0.4, -0.2) is 6.21 Å². The highest BCUT2D eigenvalue weighted by Crippen LogP contribution is 2.36. The Balaban J connectivity index is 3.09. The van der Waals surface area contributed by atoms with Gasteiger partial charge in [-0.1, -0.05) is 54.6 Å². The number of nitrogens with two attached hydrogens (primary N) is 1. The molecule has 0 aliphatic rings. The Morgan fingerprint density at radius 2 is 1.88 bits per heavy atom. The SMILES string of the molecule is CCCCC(/C=N/N)c1c(Cl)cc(Cl)cc1Cl. The van der Waals surface area contributed by atoms with Crippen LogP contribution in [0.1, 0.15) is 37.7 Å². The number of halogens is 3. The summed E-state index contributed by atoms with van der Waals surface area (Å²) in [7, 11) is 0. The van der Waals surface area contributed by atoms with Crippen molar-refractivity contribution in [1.82, 2.24) is 0 Å². The molecule has 0 saturated carbocycles. The Hall–Kier alpha value is -0.440. The molecule has 0 aliphatic heterocycles. The topological polar surface area (TPSA) is 38.4 Å². The van der Waals surface area contributed by atoms with Crippen LogP contribution < -0.4 is 5.84 Å². The average molecular weight is 294 g/mol. The van der Waals surface area contributed by atoms with Gasteiger partial charge in [0.05, 0.1) is 0 Å². The lowest BCUT2D eigenvalue weighted by Gasteiger charge is -2.15. The van der Waals surface area contributed by atoms with Crippen LogP contribution in [0.25, 0.3) is 0 Å². The maximum absolute atomic E-state index is 6.17. The number of nitrogens with zero attached hydrogens (tertiary/aromatic N) is 1. The molecular formula is C12H15Cl3N2. The molecule has 0 aliphatic carbocycles. The molecular weight excluding hydrogens is 279 g/mol. The van der Waals surface area contributed by atoms with Crippen LogP contribution in [0.5, 0.6) is 0 Å². The highest BCUT2D eigenvalue weighted by molar-refractivity contribution is 6.39. The molecule has 1 rings (SSSR count). The number of hydrogen-bond acceptors (Lipinski definition) is 2. The quantitative estimate of drug-likeness (QED) is 0.470. The van der Waals surface area contributed by atoms with Crippen molar-refractivity contribution in [3.05, 3.63) is 32.8 Å². The maximum atomic E-state index is 6.17. The summed E-state index contributed by atoms with van der Waals surface area (Å²) >= 11 is 18.2. The Kier molecular flexibility index (Phi) is 6.10. The van der Waals surface area contributed by atoms with E-state index in [9.17, 15) is 0 Å². The van der Waals surface area contributed by atoms with Gasteiger partial charge in [0.2, 0.25) is 0 Å². The minimum atomic E-state index is 0.0391. The Morgan fingerprint density at radius 3 is 2.35 bits per heavy atom. The van der Waals surface area contributed by atoms with E-state index in [0.29, 0.717) is 15.1 Å². The van der Waals surface area contributed by atoms with E-state index in [1.54, 1.807) is 18.3 Å². The monoisotopic (exact) mass is 292 g/mol. The van der Waals surface area contributed by atoms with E-state index < -0.39 is 0 Å². The Labute approximate surface area is 117 Å². The molecule has 2 nitrogen and oxygen atoms in total. The highest BCUT2D eigenvalue weighted by atomic mass is 35.5. The molecule has 1 aromatic carbocycles. The summed E-state index contributed by atoms with van der Waals surface area (Å²) in [5, 5.41) is 5.24. The molecule has 1 unspecified atom stereocenters. The van der Waals surface area contributed by atoms with Crippen molar-refractivity contribution in [2.45, 2.75) is 32.1 Å². The molecule has 2 N–H and O–H groups in total. The fourth-order valence-corrected chi connectivity index (χ4v) is 2.83. The van der Waals surface area contributed by atoms with E-state index in [1.165, 1.54) is 0 Å². The van der Waals surface area contributed by atoms with Crippen molar-refractivity contribution < 1.29 is 0 Å². The van der Waals surface area contributed by atoms with Gasteiger partial charge in [-0.25, -0.2) is 0 Å². The molecule has 0 saturated heterocycles. The highest BCUT2D eigenvalue weighted by Gasteiger charge is 2.17. The summed E-state index contributed by atoms with van der Waals surface area (Å²) in [5.41, 5.74) is 0.848. The van der Waals surface area contributed by atoms with E-state index in [2.05, 4.69) is 12.0 Å². The molecule has 5 heteroatoms. The maximum Gasteiger partial charge on any atom is 0.0474 e. The molecule has 1 aromatic rings. The molecule has 0 bridgehead atoms. The van der Waals surface area contributed by atoms with E-state index in [4.69, 9.17) is 40.6 Å². The van der Waals surface area contributed by atoms with Gasteiger partial charge in [-0.3, -0.25) is 0 Å². The second kappa shape index (κ2) is 7.10. The standard InChI is InChI=1S/C12H15Cl3N2/c1-2-3-4-8(7-17-16)12-10(14)5-9(13)6-11(12)15/h5-8H,2-4,16H2,1H3/b17-7+. The minimum Gasteiger partial charge on any atom is -0.324 e. The van der Waals surface area contributed by atoms with Gasteiger partial charge < -0.3 is 5.84 Å². The first kappa shape index (κ1) is 14.6. The number of benzene rings is 1. The van der Waals surface area contributed by atoms with Crippen LogP contribution >= 0.6 is 34.8 Å². The molecule has 1 atom stereocenters. The summed E-state index contributed by atoms with van der Waals surface area (Å²) in [6, 6.07) is 3.38. The zero-order valence-corrected chi connectivity index (χ0v) is 11.9. The molecule has 0 amide bonds. The molecule has 94 valence electrons. The smallest absolute Gasteiger partial charge is 0.0474 e. The van der Waals surface area contributed by atoms with Gasteiger partial charge in [0, 0.05) is 27.2 Å². The molecule has 0 fully saturated rings. The largest absolute Gasteiger partial charge is 0.324 e. The number of hydrazone groups is 1. The van der Waals surface area contributed by atoms with E-state index >= 15 is 0 Å². The number of rotatable bonds is 5. The van der Waals surface area contributed by atoms with Gasteiger partial charge in [-0.2, -0.15) is 5.10 Å². The Bertz CT molecular complexity index is 382. The van der Waals surface area contributed by atoms with Crippen LogP contribution in [0.2, 0.25) is 15.1 Å². The van der Waals surface area contributed by atoms with Crippen LogP contribution in [0.15, 0.2) is 17.2 Å². The van der Waals surface area contributed by atoms with Crippen LogP contribution in [0.3, 0.4) is 0 Å². The lowest BCUT2D eigenvalue weighted by molar-refractivity contribution is 0.689. The summed E-state index contributed by atoms with van der Waals surface area (Å²) in [5.74, 6) is 5.26. The third-order valence-electron chi connectivity index (χ3n) is 2.55. The first-order valence-electron chi connectivity index (χ1n) is 5.48. The van der Waals surface area contributed by atoms with E-state index in [1.807, 2.05) is 0 Å². The van der Waals surface area contributed by atoms with Gasteiger partial charge in [-0.05, 0) is 24.1 Å². The third-order valence-corrected chi connectivity index (χ3v) is 3.39. The first-order chi connectivity index (χ1) is 8.10. The van der Waals surface area contributed by atoms with Crippen molar-refractivity contribution in [1.29, 1.82) is 0 Å². The van der Waals surface area contributed by atoms with Crippen molar-refractivity contribution >= 4 is 41.0 Å².